The lowest BCUT2D eigenvalue weighted by atomic mass is 10.3. The molecular formula is C12H22N6O2. The van der Waals surface area contributed by atoms with Crippen molar-refractivity contribution in [1.82, 2.24) is 15.3 Å². The average Bonchev–Trinajstić information content (AvgIpc) is 2.47. The van der Waals surface area contributed by atoms with Gasteiger partial charge < -0.3 is 20.8 Å². The summed E-state index contributed by atoms with van der Waals surface area (Å²) in [5.41, 5.74) is 2.49. The number of rotatable bonds is 9. The molecule has 0 spiro atoms. The predicted molar refractivity (Wildman–Crippen MR) is 77.2 cm³/mol. The van der Waals surface area contributed by atoms with Crippen LogP contribution in [0.25, 0.3) is 0 Å². The summed E-state index contributed by atoms with van der Waals surface area (Å²) in [6.45, 7) is 3.48. The lowest BCUT2D eigenvalue weighted by Gasteiger charge is -2.09. The summed E-state index contributed by atoms with van der Waals surface area (Å²) in [4.78, 5) is 20.0. The van der Waals surface area contributed by atoms with Gasteiger partial charge in [-0.2, -0.15) is 0 Å². The first kappa shape index (κ1) is 16.1. The Labute approximate surface area is 118 Å². The molecule has 1 aromatic heterocycles. The van der Waals surface area contributed by atoms with Crippen molar-refractivity contribution in [3.8, 4) is 0 Å². The number of nitrogen functional groups attached to an aromatic ring is 1. The Balaban J connectivity index is 2.39. The van der Waals surface area contributed by atoms with Crippen molar-refractivity contribution >= 4 is 17.5 Å². The van der Waals surface area contributed by atoms with Gasteiger partial charge in [-0.3, -0.25) is 4.79 Å². The van der Waals surface area contributed by atoms with E-state index < -0.39 is 0 Å². The molecule has 0 unspecified atom stereocenters. The number of carbonyl (C=O) groups excluding carboxylic acids is 1. The Morgan fingerprint density at radius 3 is 2.75 bits per heavy atom. The van der Waals surface area contributed by atoms with Crippen LogP contribution < -0.4 is 21.9 Å². The van der Waals surface area contributed by atoms with Crippen molar-refractivity contribution in [2.45, 2.75) is 19.8 Å². The quantitative estimate of drug-likeness (QED) is 0.284. The van der Waals surface area contributed by atoms with E-state index in [0.717, 1.165) is 0 Å². The van der Waals surface area contributed by atoms with Gasteiger partial charge >= 0.3 is 0 Å². The number of methoxy groups -OCH3 is 1. The number of hydrogen-bond acceptors (Lipinski definition) is 7. The Kier molecular flexibility index (Phi) is 7.30. The van der Waals surface area contributed by atoms with Gasteiger partial charge in [0, 0.05) is 39.1 Å². The highest BCUT2D eigenvalue weighted by atomic mass is 16.5. The number of aryl methyl sites for hydroxylation is 1. The number of nitrogens with two attached hydrogens (primary N) is 1. The van der Waals surface area contributed by atoms with Crippen LogP contribution in [-0.2, 0) is 16.0 Å². The zero-order chi connectivity index (χ0) is 14.8. The third-order valence-electron chi connectivity index (χ3n) is 2.52. The van der Waals surface area contributed by atoms with Crippen LogP contribution in [0.15, 0.2) is 6.07 Å². The van der Waals surface area contributed by atoms with Crippen LogP contribution in [0.5, 0.6) is 0 Å². The van der Waals surface area contributed by atoms with E-state index in [1.54, 1.807) is 13.2 Å². The second-order valence-corrected chi connectivity index (χ2v) is 4.07. The van der Waals surface area contributed by atoms with E-state index in [-0.39, 0.29) is 5.91 Å². The van der Waals surface area contributed by atoms with Gasteiger partial charge in [0.1, 0.15) is 17.5 Å². The zero-order valence-corrected chi connectivity index (χ0v) is 11.9. The second-order valence-electron chi connectivity index (χ2n) is 4.07. The van der Waals surface area contributed by atoms with Crippen LogP contribution in [0.2, 0.25) is 0 Å². The van der Waals surface area contributed by atoms with Crippen molar-refractivity contribution in [2.24, 2.45) is 5.84 Å². The van der Waals surface area contributed by atoms with Crippen LogP contribution in [0.1, 0.15) is 19.2 Å². The largest absolute Gasteiger partial charge is 0.383 e. The second kappa shape index (κ2) is 9.05. The molecule has 1 aromatic rings. The Morgan fingerprint density at radius 1 is 1.35 bits per heavy atom. The summed E-state index contributed by atoms with van der Waals surface area (Å²) in [7, 11) is 1.59. The molecule has 0 saturated heterocycles. The molecule has 0 aliphatic carbocycles. The van der Waals surface area contributed by atoms with Crippen LogP contribution in [-0.4, -0.2) is 42.7 Å². The maximum atomic E-state index is 11.5. The van der Waals surface area contributed by atoms with Crippen molar-refractivity contribution in [1.29, 1.82) is 0 Å². The van der Waals surface area contributed by atoms with Gasteiger partial charge in [-0.25, -0.2) is 15.8 Å². The highest BCUT2D eigenvalue weighted by molar-refractivity contribution is 5.76. The lowest BCUT2D eigenvalue weighted by Crippen LogP contribution is -2.28. The summed E-state index contributed by atoms with van der Waals surface area (Å²) in [6, 6.07) is 1.70. The van der Waals surface area contributed by atoms with E-state index in [0.29, 0.717) is 50.0 Å². The number of hydrazine groups is 1. The molecular weight excluding hydrogens is 260 g/mol. The van der Waals surface area contributed by atoms with E-state index in [2.05, 4.69) is 26.0 Å². The zero-order valence-electron chi connectivity index (χ0n) is 11.9. The van der Waals surface area contributed by atoms with Crippen LogP contribution in [0.4, 0.5) is 11.6 Å². The number of nitrogens with zero attached hydrogens (tertiary/aromatic N) is 2. The molecule has 0 saturated carbocycles. The molecule has 0 aromatic carbocycles. The molecule has 1 rings (SSSR count). The maximum Gasteiger partial charge on any atom is 0.221 e. The first-order valence-corrected chi connectivity index (χ1v) is 6.53. The first-order chi connectivity index (χ1) is 9.69. The van der Waals surface area contributed by atoms with E-state index in [9.17, 15) is 4.79 Å². The van der Waals surface area contributed by atoms with E-state index >= 15 is 0 Å². The SMILES string of the molecule is CCc1nc(NN)cc(NCCC(=O)NCCOC)n1. The molecule has 8 nitrogen and oxygen atoms in total. The molecule has 0 atom stereocenters. The average molecular weight is 282 g/mol. The predicted octanol–water partition coefficient (Wildman–Crippen LogP) is -0.111. The smallest absolute Gasteiger partial charge is 0.221 e. The minimum Gasteiger partial charge on any atom is -0.383 e. The topological polar surface area (TPSA) is 114 Å². The number of ether oxygens (including phenoxy) is 1. The fourth-order valence-corrected chi connectivity index (χ4v) is 1.50. The molecule has 112 valence electrons. The Bertz CT molecular complexity index is 404. The number of anilines is 2. The molecule has 8 heteroatoms. The summed E-state index contributed by atoms with van der Waals surface area (Å²) in [6.07, 6.45) is 1.07. The van der Waals surface area contributed by atoms with Gasteiger partial charge in [-0.05, 0) is 0 Å². The van der Waals surface area contributed by atoms with E-state index in [4.69, 9.17) is 10.6 Å². The molecule has 0 aliphatic heterocycles. The summed E-state index contributed by atoms with van der Waals surface area (Å²) < 4.78 is 4.85. The summed E-state index contributed by atoms with van der Waals surface area (Å²) in [5.74, 6) is 7.19. The first-order valence-electron chi connectivity index (χ1n) is 6.53. The molecule has 0 bridgehead atoms. The van der Waals surface area contributed by atoms with Gasteiger partial charge in [0.2, 0.25) is 5.91 Å². The third-order valence-corrected chi connectivity index (χ3v) is 2.52. The fraction of sp³-hybridized carbons (Fsp3) is 0.583. The van der Waals surface area contributed by atoms with Crippen LogP contribution >= 0.6 is 0 Å². The van der Waals surface area contributed by atoms with E-state index in [1.807, 2.05) is 6.92 Å². The Morgan fingerprint density at radius 2 is 2.10 bits per heavy atom. The van der Waals surface area contributed by atoms with Gasteiger partial charge in [0.15, 0.2) is 0 Å². The van der Waals surface area contributed by atoms with Gasteiger partial charge in [0.25, 0.3) is 0 Å². The molecule has 20 heavy (non-hydrogen) atoms. The number of carbonyl (C=O) groups is 1. The van der Waals surface area contributed by atoms with Crippen LogP contribution in [0, 0.1) is 0 Å². The monoisotopic (exact) mass is 282 g/mol. The number of amides is 1. The number of hydrogen-bond donors (Lipinski definition) is 4. The van der Waals surface area contributed by atoms with Crippen molar-refractivity contribution < 1.29 is 9.53 Å². The van der Waals surface area contributed by atoms with Gasteiger partial charge in [0.05, 0.1) is 6.61 Å². The standard InChI is InChI=1S/C12H22N6O2/c1-3-9-16-10(8-11(17-9)18-13)14-5-4-12(19)15-6-7-20-2/h8H,3-7,13H2,1-2H3,(H,15,19)(H2,14,16,17,18). The highest BCUT2D eigenvalue weighted by Crippen LogP contribution is 2.10. The molecule has 1 amide bonds. The molecule has 0 fully saturated rings. The van der Waals surface area contributed by atoms with E-state index in [1.165, 1.54) is 0 Å². The van der Waals surface area contributed by atoms with Gasteiger partial charge in [-0.1, -0.05) is 6.92 Å². The highest BCUT2D eigenvalue weighted by Gasteiger charge is 2.04. The van der Waals surface area contributed by atoms with Crippen molar-refractivity contribution in [2.75, 3.05) is 37.5 Å². The minimum atomic E-state index is -0.0310. The van der Waals surface area contributed by atoms with Gasteiger partial charge in [-0.15, -0.1) is 0 Å². The lowest BCUT2D eigenvalue weighted by molar-refractivity contribution is -0.121. The molecule has 0 radical (unpaired) electrons. The number of nitrogens with one attached hydrogen (secondary N) is 3. The van der Waals surface area contributed by atoms with Crippen LogP contribution in [0.3, 0.4) is 0 Å². The number of aromatic nitrogens is 2. The third kappa shape index (κ3) is 5.81. The summed E-state index contributed by atoms with van der Waals surface area (Å²) >= 11 is 0. The normalized spacial score (nSPS) is 10.2. The minimum absolute atomic E-state index is 0.0310. The molecule has 5 N–H and O–H groups in total. The summed E-state index contributed by atoms with van der Waals surface area (Å²) in [5, 5.41) is 5.82. The maximum absolute atomic E-state index is 11.5. The van der Waals surface area contributed by atoms with Crippen molar-refractivity contribution in [3.05, 3.63) is 11.9 Å². The Hall–Kier alpha value is -1.93. The van der Waals surface area contributed by atoms with Crippen molar-refractivity contribution in [3.63, 3.8) is 0 Å². The fourth-order valence-electron chi connectivity index (χ4n) is 1.50. The molecule has 1 heterocycles. The molecule has 0 aliphatic rings.